The summed E-state index contributed by atoms with van der Waals surface area (Å²) in [6, 6.07) is 0. The maximum absolute atomic E-state index is 12.0. The van der Waals surface area contributed by atoms with E-state index in [2.05, 4.69) is 0 Å². The molecule has 0 aromatic carbocycles. The number of carbonyl (C=O) groups is 1. The van der Waals surface area contributed by atoms with Crippen molar-refractivity contribution in [3.63, 3.8) is 0 Å². The highest BCUT2D eigenvalue weighted by Gasteiger charge is 2.17. The first kappa shape index (κ1) is 15.4. The summed E-state index contributed by atoms with van der Waals surface area (Å²) in [5.74, 6) is 0.896. The zero-order valence-corrected chi connectivity index (χ0v) is 11.6. The van der Waals surface area contributed by atoms with Crippen LogP contribution in [0.3, 0.4) is 0 Å². The third kappa shape index (κ3) is 5.83. The Kier molecular flexibility index (Phi) is 8.01. The number of nitrogens with zero attached hydrogens (tertiary/aromatic N) is 1. The molecule has 106 valence electrons. The van der Waals surface area contributed by atoms with E-state index in [4.69, 9.17) is 9.84 Å². The van der Waals surface area contributed by atoms with Crippen LogP contribution in [0.5, 0.6) is 0 Å². The van der Waals surface area contributed by atoms with Crippen molar-refractivity contribution in [1.82, 2.24) is 4.90 Å². The molecule has 18 heavy (non-hydrogen) atoms. The monoisotopic (exact) mass is 257 g/mol. The number of hydrogen-bond donors (Lipinski definition) is 1. The van der Waals surface area contributed by atoms with Crippen LogP contribution in [0.2, 0.25) is 0 Å². The molecule has 1 aliphatic carbocycles. The maximum atomic E-state index is 12.0. The SMILES string of the molecule is COCCN(CCO)C(=O)CCC1CCCCC1. The Hall–Kier alpha value is -0.610. The quantitative estimate of drug-likeness (QED) is 0.721. The minimum Gasteiger partial charge on any atom is -0.395 e. The van der Waals surface area contributed by atoms with Crippen molar-refractivity contribution in [2.75, 3.05) is 33.4 Å². The van der Waals surface area contributed by atoms with E-state index in [1.165, 1.54) is 32.1 Å². The zero-order chi connectivity index (χ0) is 13.2. The fourth-order valence-corrected chi connectivity index (χ4v) is 2.64. The highest BCUT2D eigenvalue weighted by atomic mass is 16.5. The number of amides is 1. The molecule has 0 heterocycles. The van der Waals surface area contributed by atoms with Crippen LogP contribution in [0.1, 0.15) is 44.9 Å². The Bertz CT molecular complexity index is 227. The van der Waals surface area contributed by atoms with E-state index in [0.29, 0.717) is 26.1 Å². The van der Waals surface area contributed by atoms with Crippen molar-refractivity contribution in [3.05, 3.63) is 0 Å². The van der Waals surface area contributed by atoms with Crippen LogP contribution >= 0.6 is 0 Å². The Labute approximate surface area is 110 Å². The minimum atomic E-state index is 0.0267. The summed E-state index contributed by atoms with van der Waals surface area (Å²) in [7, 11) is 1.63. The normalized spacial score (nSPS) is 16.8. The van der Waals surface area contributed by atoms with Crippen molar-refractivity contribution in [2.45, 2.75) is 44.9 Å². The van der Waals surface area contributed by atoms with Gasteiger partial charge in [-0.15, -0.1) is 0 Å². The van der Waals surface area contributed by atoms with Gasteiger partial charge in [0.25, 0.3) is 0 Å². The number of carbonyl (C=O) groups excluding carboxylic acids is 1. The molecule has 0 aliphatic heterocycles. The number of aliphatic hydroxyl groups excluding tert-OH is 1. The lowest BCUT2D eigenvalue weighted by molar-refractivity contribution is -0.132. The number of ether oxygens (including phenoxy) is 1. The third-order valence-corrected chi connectivity index (χ3v) is 3.78. The van der Waals surface area contributed by atoms with E-state index in [9.17, 15) is 4.79 Å². The van der Waals surface area contributed by atoms with Crippen LogP contribution in [0, 0.1) is 5.92 Å². The van der Waals surface area contributed by atoms with Gasteiger partial charge in [0.15, 0.2) is 0 Å². The molecule has 4 heteroatoms. The first-order valence-corrected chi connectivity index (χ1v) is 7.15. The molecule has 0 unspecified atom stereocenters. The van der Waals surface area contributed by atoms with Gasteiger partial charge in [-0.1, -0.05) is 32.1 Å². The van der Waals surface area contributed by atoms with E-state index < -0.39 is 0 Å². The smallest absolute Gasteiger partial charge is 0.222 e. The molecular formula is C14H27NO3. The molecule has 0 saturated heterocycles. The van der Waals surface area contributed by atoms with E-state index in [-0.39, 0.29) is 12.5 Å². The molecule has 1 fully saturated rings. The number of aliphatic hydroxyl groups is 1. The molecule has 1 saturated carbocycles. The van der Waals surface area contributed by atoms with Gasteiger partial charge in [-0.3, -0.25) is 4.79 Å². The molecule has 1 aliphatic rings. The van der Waals surface area contributed by atoms with Gasteiger partial charge in [-0.05, 0) is 12.3 Å². The fourth-order valence-electron chi connectivity index (χ4n) is 2.64. The lowest BCUT2D eigenvalue weighted by Gasteiger charge is -2.24. The molecule has 0 aromatic heterocycles. The molecule has 1 N–H and O–H groups in total. The summed E-state index contributed by atoms with van der Waals surface area (Å²) in [6.07, 6.45) is 8.19. The summed E-state index contributed by atoms with van der Waals surface area (Å²) < 4.78 is 4.99. The first-order chi connectivity index (χ1) is 8.77. The molecule has 4 nitrogen and oxygen atoms in total. The number of hydrogen-bond acceptors (Lipinski definition) is 3. The van der Waals surface area contributed by atoms with Gasteiger partial charge in [-0.25, -0.2) is 0 Å². The van der Waals surface area contributed by atoms with Gasteiger partial charge in [0.05, 0.1) is 13.2 Å². The maximum Gasteiger partial charge on any atom is 0.222 e. The highest BCUT2D eigenvalue weighted by molar-refractivity contribution is 5.76. The predicted molar refractivity (Wildman–Crippen MR) is 71.4 cm³/mol. The molecule has 0 radical (unpaired) electrons. The van der Waals surface area contributed by atoms with Gasteiger partial charge < -0.3 is 14.7 Å². The van der Waals surface area contributed by atoms with E-state index in [1.54, 1.807) is 12.0 Å². The summed E-state index contributed by atoms with van der Waals surface area (Å²) in [5, 5.41) is 8.97. The van der Waals surface area contributed by atoms with Gasteiger partial charge in [0.2, 0.25) is 5.91 Å². The predicted octanol–water partition coefficient (Wildman–Crippen LogP) is 1.81. The highest BCUT2D eigenvalue weighted by Crippen LogP contribution is 2.27. The largest absolute Gasteiger partial charge is 0.395 e. The van der Waals surface area contributed by atoms with Crippen molar-refractivity contribution in [3.8, 4) is 0 Å². The van der Waals surface area contributed by atoms with Gasteiger partial charge in [0, 0.05) is 26.6 Å². The number of methoxy groups -OCH3 is 1. The molecule has 1 amide bonds. The Morgan fingerprint density at radius 3 is 2.61 bits per heavy atom. The molecular weight excluding hydrogens is 230 g/mol. The third-order valence-electron chi connectivity index (χ3n) is 3.78. The van der Waals surface area contributed by atoms with Gasteiger partial charge in [-0.2, -0.15) is 0 Å². The van der Waals surface area contributed by atoms with Gasteiger partial charge >= 0.3 is 0 Å². The van der Waals surface area contributed by atoms with Crippen LogP contribution < -0.4 is 0 Å². The second-order valence-electron chi connectivity index (χ2n) is 5.14. The lowest BCUT2D eigenvalue weighted by Crippen LogP contribution is -2.36. The van der Waals surface area contributed by atoms with Gasteiger partial charge in [0.1, 0.15) is 0 Å². The minimum absolute atomic E-state index is 0.0267. The summed E-state index contributed by atoms with van der Waals surface area (Å²) >= 11 is 0. The summed E-state index contributed by atoms with van der Waals surface area (Å²) in [4.78, 5) is 13.8. The van der Waals surface area contributed by atoms with Crippen LogP contribution in [0.4, 0.5) is 0 Å². The second-order valence-corrected chi connectivity index (χ2v) is 5.14. The Morgan fingerprint density at radius 1 is 1.28 bits per heavy atom. The van der Waals surface area contributed by atoms with Crippen LogP contribution in [-0.2, 0) is 9.53 Å². The van der Waals surface area contributed by atoms with E-state index in [1.807, 2.05) is 0 Å². The standard InChI is InChI=1S/C14H27NO3/c1-18-12-10-15(9-11-16)14(17)8-7-13-5-3-2-4-6-13/h13,16H,2-12H2,1H3. The van der Waals surface area contributed by atoms with Crippen LogP contribution in [0.25, 0.3) is 0 Å². The summed E-state index contributed by atoms with van der Waals surface area (Å²) in [5.41, 5.74) is 0. The lowest BCUT2D eigenvalue weighted by atomic mass is 9.86. The van der Waals surface area contributed by atoms with Crippen LogP contribution in [-0.4, -0.2) is 49.3 Å². The van der Waals surface area contributed by atoms with E-state index in [0.717, 1.165) is 12.3 Å². The van der Waals surface area contributed by atoms with E-state index >= 15 is 0 Å². The molecule has 0 atom stereocenters. The average molecular weight is 257 g/mol. The van der Waals surface area contributed by atoms with Crippen molar-refractivity contribution >= 4 is 5.91 Å². The first-order valence-electron chi connectivity index (χ1n) is 7.15. The molecule has 0 aromatic rings. The average Bonchev–Trinajstić information content (AvgIpc) is 2.42. The second kappa shape index (κ2) is 9.34. The number of rotatable bonds is 8. The zero-order valence-electron chi connectivity index (χ0n) is 11.6. The fraction of sp³-hybridized carbons (Fsp3) is 0.929. The van der Waals surface area contributed by atoms with Crippen molar-refractivity contribution in [2.24, 2.45) is 5.92 Å². The van der Waals surface area contributed by atoms with Crippen molar-refractivity contribution in [1.29, 1.82) is 0 Å². The molecule has 1 rings (SSSR count). The molecule has 0 spiro atoms. The Morgan fingerprint density at radius 2 is 2.00 bits per heavy atom. The molecule has 0 bridgehead atoms. The topological polar surface area (TPSA) is 49.8 Å². The van der Waals surface area contributed by atoms with Crippen molar-refractivity contribution < 1.29 is 14.6 Å². The Balaban J connectivity index is 2.26. The van der Waals surface area contributed by atoms with Crippen LogP contribution in [0.15, 0.2) is 0 Å². The summed E-state index contributed by atoms with van der Waals surface area (Å²) in [6.45, 7) is 1.57.